The van der Waals surface area contributed by atoms with Crippen molar-refractivity contribution in [3.63, 3.8) is 0 Å². The summed E-state index contributed by atoms with van der Waals surface area (Å²) in [5, 5.41) is 6.75. The van der Waals surface area contributed by atoms with Crippen LogP contribution in [0, 0.1) is 10.4 Å². The van der Waals surface area contributed by atoms with Crippen molar-refractivity contribution in [3.8, 4) is 0 Å². The molecule has 0 saturated carbocycles. The van der Waals surface area contributed by atoms with Gasteiger partial charge in [-0.25, -0.2) is 0 Å². The minimum absolute atomic E-state index is 1.31. The molecule has 0 N–H and O–H groups in total. The second-order valence-electron chi connectivity index (χ2n) is 4.33. The molecule has 74 valence electrons. The maximum atomic E-state index is 2.28. The maximum Gasteiger partial charge on any atom is -0.00322 e. The van der Waals surface area contributed by atoms with Crippen molar-refractivity contribution in [2.75, 3.05) is 0 Å². The third kappa shape index (κ3) is 0.938. The zero-order valence-electron chi connectivity index (χ0n) is 8.77. The molecule has 0 atom stereocenters. The molecule has 16 heavy (non-hydrogen) atoms. The van der Waals surface area contributed by atoms with E-state index in [4.69, 9.17) is 0 Å². The Morgan fingerprint density at radius 3 is 2.69 bits per heavy atom. The molecule has 0 saturated heterocycles. The highest BCUT2D eigenvalue weighted by Crippen LogP contribution is 2.20. The molecule has 0 fully saturated rings. The fraction of sp³-hybridized carbons (Fsp3) is 0. The van der Waals surface area contributed by atoms with Gasteiger partial charge in [0.15, 0.2) is 0 Å². The predicted molar refractivity (Wildman–Crippen MR) is 66.8 cm³/mol. The monoisotopic (exact) mass is 202 g/mol. The summed E-state index contributed by atoms with van der Waals surface area (Å²) >= 11 is 0. The topological polar surface area (TPSA) is 0 Å². The van der Waals surface area contributed by atoms with E-state index in [0.717, 1.165) is 0 Å². The zero-order valence-corrected chi connectivity index (χ0v) is 8.77. The largest absolute Gasteiger partial charge is 0.0616 e. The van der Waals surface area contributed by atoms with Gasteiger partial charge in [0.1, 0.15) is 0 Å². The van der Waals surface area contributed by atoms with E-state index in [1.807, 2.05) is 0 Å². The standard InChI is InChI=1S/C16H10/c1-2-7-15-12(5-1)10-14-9-11-4-3-6-13(8-11)16(14)15/h1-10H. The van der Waals surface area contributed by atoms with Gasteiger partial charge in [-0.15, -0.1) is 0 Å². The van der Waals surface area contributed by atoms with Crippen molar-refractivity contribution in [2.24, 2.45) is 0 Å². The Bertz CT molecular complexity index is 841. The molecule has 2 bridgehead atoms. The normalized spacial score (nSPS) is 12.2. The van der Waals surface area contributed by atoms with Crippen LogP contribution in [-0.2, 0) is 0 Å². The van der Waals surface area contributed by atoms with E-state index in [-0.39, 0.29) is 0 Å². The molecule has 0 amide bonds. The SMILES string of the molecule is C1=c2ccccc2=c2c1cc1cccc2c1. The first kappa shape index (κ1) is 8.12. The van der Waals surface area contributed by atoms with Gasteiger partial charge in [-0.2, -0.15) is 0 Å². The van der Waals surface area contributed by atoms with E-state index in [1.165, 1.54) is 32.0 Å². The van der Waals surface area contributed by atoms with Crippen LogP contribution in [-0.4, -0.2) is 0 Å². The number of benzene rings is 3. The minimum atomic E-state index is 1.31. The van der Waals surface area contributed by atoms with Gasteiger partial charge in [-0.1, -0.05) is 42.5 Å². The van der Waals surface area contributed by atoms with E-state index >= 15 is 0 Å². The van der Waals surface area contributed by atoms with Gasteiger partial charge in [0, 0.05) is 0 Å². The molecular formula is C16H10. The Kier molecular flexibility index (Phi) is 1.39. The summed E-state index contributed by atoms with van der Waals surface area (Å²) in [5.74, 6) is 0. The lowest BCUT2D eigenvalue weighted by Crippen LogP contribution is -1.96. The molecule has 0 aliphatic heterocycles. The number of fused-ring (bicyclic) bond motifs is 5. The summed E-state index contributed by atoms with van der Waals surface area (Å²) < 4.78 is 0. The van der Waals surface area contributed by atoms with Crippen LogP contribution >= 0.6 is 0 Å². The number of rotatable bonds is 0. The zero-order chi connectivity index (χ0) is 10.5. The molecule has 0 nitrogen and oxygen atoms in total. The van der Waals surface area contributed by atoms with E-state index in [2.05, 4.69) is 60.7 Å². The van der Waals surface area contributed by atoms with E-state index in [9.17, 15) is 0 Å². The summed E-state index contributed by atoms with van der Waals surface area (Å²) in [4.78, 5) is 0. The summed E-state index contributed by atoms with van der Waals surface area (Å²) in [6.07, 6.45) is 2.28. The first-order valence-electron chi connectivity index (χ1n) is 5.55. The van der Waals surface area contributed by atoms with Crippen molar-refractivity contribution in [2.45, 2.75) is 0 Å². The minimum Gasteiger partial charge on any atom is -0.0616 e. The molecular weight excluding hydrogens is 192 g/mol. The molecule has 3 aromatic rings. The van der Waals surface area contributed by atoms with Gasteiger partial charge in [0.25, 0.3) is 0 Å². The summed E-state index contributed by atoms with van der Waals surface area (Å²) in [6, 6.07) is 19.6. The summed E-state index contributed by atoms with van der Waals surface area (Å²) in [7, 11) is 0. The lowest BCUT2D eigenvalue weighted by Gasteiger charge is -1.99. The van der Waals surface area contributed by atoms with Crippen LogP contribution in [0.15, 0.2) is 54.6 Å². The average Bonchev–Trinajstić information content (AvgIpc) is 2.67. The van der Waals surface area contributed by atoms with Crippen molar-refractivity contribution in [1.82, 2.24) is 0 Å². The van der Waals surface area contributed by atoms with Crippen LogP contribution in [0.3, 0.4) is 0 Å². The Balaban J connectivity index is 2.44. The smallest absolute Gasteiger partial charge is 0.00322 e. The molecule has 3 aromatic carbocycles. The Labute approximate surface area is 93.1 Å². The van der Waals surface area contributed by atoms with Crippen LogP contribution in [0.2, 0.25) is 0 Å². The van der Waals surface area contributed by atoms with Crippen molar-refractivity contribution in [3.05, 3.63) is 75.8 Å². The molecule has 0 unspecified atom stereocenters. The molecule has 0 radical (unpaired) electrons. The third-order valence-corrected chi connectivity index (χ3v) is 3.33. The Morgan fingerprint density at radius 1 is 0.750 bits per heavy atom. The van der Waals surface area contributed by atoms with Gasteiger partial charge in [0.05, 0.1) is 0 Å². The number of hydrogen-bond acceptors (Lipinski definition) is 0. The average molecular weight is 202 g/mol. The molecule has 0 spiro atoms. The third-order valence-electron chi connectivity index (χ3n) is 3.33. The molecule has 1 aliphatic carbocycles. The van der Waals surface area contributed by atoms with Crippen molar-refractivity contribution in [1.29, 1.82) is 0 Å². The van der Waals surface area contributed by atoms with Crippen LogP contribution in [0.5, 0.6) is 0 Å². The van der Waals surface area contributed by atoms with Crippen LogP contribution < -0.4 is 5.22 Å². The molecule has 4 rings (SSSR count). The quantitative estimate of drug-likeness (QED) is 0.411. The van der Waals surface area contributed by atoms with Crippen LogP contribution in [0.25, 0.3) is 16.8 Å². The molecule has 0 heteroatoms. The van der Waals surface area contributed by atoms with Crippen LogP contribution in [0.1, 0.15) is 5.56 Å². The number of hydrogen-bond donors (Lipinski definition) is 0. The van der Waals surface area contributed by atoms with Crippen LogP contribution in [0.4, 0.5) is 0 Å². The summed E-state index contributed by atoms with van der Waals surface area (Å²) in [6.45, 7) is 0. The summed E-state index contributed by atoms with van der Waals surface area (Å²) in [5.41, 5.74) is 1.36. The fourth-order valence-electron chi connectivity index (χ4n) is 2.65. The highest BCUT2D eigenvalue weighted by atomic mass is 14.1. The molecule has 0 aromatic heterocycles. The maximum absolute atomic E-state index is 2.28. The molecule has 0 heterocycles. The fourth-order valence-corrected chi connectivity index (χ4v) is 2.65. The second-order valence-corrected chi connectivity index (χ2v) is 4.33. The van der Waals surface area contributed by atoms with Gasteiger partial charge in [0.2, 0.25) is 0 Å². The first-order chi connectivity index (χ1) is 7.92. The van der Waals surface area contributed by atoms with Gasteiger partial charge in [-0.05, 0) is 50.2 Å². The molecule has 1 aliphatic rings. The Hall–Kier alpha value is -2.08. The second kappa shape index (κ2) is 2.73. The van der Waals surface area contributed by atoms with E-state index < -0.39 is 0 Å². The Morgan fingerprint density at radius 2 is 1.69 bits per heavy atom. The lowest BCUT2D eigenvalue weighted by molar-refractivity contribution is 1.51. The predicted octanol–water partition coefficient (Wildman–Crippen LogP) is 2.99. The lowest BCUT2D eigenvalue weighted by atomic mass is 10.0. The van der Waals surface area contributed by atoms with E-state index in [0.29, 0.717) is 0 Å². The van der Waals surface area contributed by atoms with Gasteiger partial charge in [-0.3, -0.25) is 0 Å². The highest BCUT2D eigenvalue weighted by molar-refractivity contribution is 5.77. The highest BCUT2D eigenvalue weighted by Gasteiger charge is 2.04. The van der Waals surface area contributed by atoms with Gasteiger partial charge < -0.3 is 0 Å². The first-order valence-corrected chi connectivity index (χ1v) is 5.55. The van der Waals surface area contributed by atoms with Crippen molar-refractivity contribution < 1.29 is 0 Å². The van der Waals surface area contributed by atoms with E-state index in [1.54, 1.807) is 0 Å². The van der Waals surface area contributed by atoms with Crippen molar-refractivity contribution >= 4 is 16.8 Å². The van der Waals surface area contributed by atoms with Gasteiger partial charge >= 0.3 is 0 Å².